The van der Waals surface area contributed by atoms with Gasteiger partial charge in [0.05, 0.1) is 6.54 Å². The molecule has 2 aromatic carbocycles. The van der Waals surface area contributed by atoms with E-state index in [4.69, 9.17) is 0 Å². The Morgan fingerprint density at radius 3 is 2.48 bits per heavy atom. The lowest BCUT2D eigenvalue weighted by Crippen LogP contribution is -2.64. The van der Waals surface area contributed by atoms with Gasteiger partial charge < -0.3 is 9.88 Å². The lowest BCUT2D eigenvalue weighted by atomic mass is 9.93. The molecular formula is C26H24FN3O2S. The number of amides is 2. The molecule has 2 aromatic heterocycles. The number of benzene rings is 2. The summed E-state index contributed by atoms with van der Waals surface area (Å²) in [6.45, 7) is 6.35. The number of fused-ring (bicyclic) bond motifs is 3. The predicted octanol–water partition coefficient (Wildman–Crippen LogP) is 5.19. The number of hydrogen-bond donors (Lipinski definition) is 1. The van der Waals surface area contributed by atoms with Crippen LogP contribution in [0.2, 0.25) is 0 Å². The van der Waals surface area contributed by atoms with Crippen molar-refractivity contribution < 1.29 is 14.0 Å². The molecule has 3 heterocycles. The van der Waals surface area contributed by atoms with Gasteiger partial charge in [0.2, 0.25) is 5.91 Å². The fraction of sp³-hybridized carbons (Fsp3) is 0.231. The van der Waals surface area contributed by atoms with E-state index >= 15 is 0 Å². The van der Waals surface area contributed by atoms with Crippen LogP contribution in [-0.2, 0) is 17.9 Å². The first kappa shape index (κ1) is 21.4. The zero-order chi connectivity index (χ0) is 23.3. The second-order valence-corrected chi connectivity index (χ2v) is 9.76. The molecule has 5 nitrogen and oxygen atoms in total. The molecule has 7 heteroatoms. The number of nitrogens with zero attached hydrogens (tertiary/aromatic N) is 2. The number of halogens is 1. The van der Waals surface area contributed by atoms with Gasteiger partial charge in [-0.3, -0.25) is 14.5 Å². The first-order valence-corrected chi connectivity index (χ1v) is 11.7. The average molecular weight is 462 g/mol. The smallest absolute Gasteiger partial charge is 0.275 e. The third kappa shape index (κ3) is 3.62. The number of nitrogens with one attached hydrogen (secondary N) is 1. The number of hydrogen-bond acceptors (Lipinski definition) is 3. The second kappa shape index (κ2) is 7.85. The van der Waals surface area contributed by atoms with E-state index in [1.807, 2.05) is 61.1 Å². The molecule has 168 valence electrons. The normalized spacial score (nSPS) is 17.9. The molecule has 0 bridgehead atoms. The number of carbonyl (C=O) groups excluding carboxylic acids is 2. The molecule has 4 aromatic rings. The Bertz CT molecular complexity index is 1370. The van der Waals surface area contributed by atoms with Crippen molar-refractivity contribution in [2.45, 2.75) is 39.4 Å². The SMILES string of the molecule is Cc1cc(C)cc(N2C(=O)c3cc4ccsc4n3C[C@]2(C)C(=O)NCc2ccc(F)cc2)c1. The Kier molecular flexibility index (Phi) is 5.09. The fourth-order valence-electron chi connectivity index (χ4n) is 4.66. The number of thiophene rings is 1. The van der Waals surface area contributed by atoms with Crippen LogP contribution in [0.25, 0.3) is 10.2 Å². The number of rotatable bonds is 4. The Morgan fingerprint density at radius 2 is 1.79 bits per heavy atom. The van der Waals surface area contributed by atoms with Gasteiger partial charge in [-0.25, -0.2) is 4.39 Å². The molecule has 1 aliphatic rings. The van der Waals surface area contributed by atoms with Crippen LogP contribution >= 0.6 is 11.3 Å². The summed E-state index contributed by atoms with van der Waals surface area (Å²) in [5.74, 6) is -0.784. The van der Waals surface area contributed by atoms with E-state index in [-0.39, 0.29) is 24.2 Å². The van der Waals surface area contributed by atoms with Gasteiger partial charge in [0.15, 0.2) is 0 Å². The van der Waals surface area contributed by atoms with E-state index in [1.54, 1.807) is 28.4 Å². The summed E-state index contributed by atoms with van der Waals surface area (Å²) in [7, 11) is 0. The third-order valence-electron chi connectivity index (χ3n) is 6.20. The number of carbonyl (C=O) groups is 2. The Hall–Kier alpha value is -3.45. The molecule has 0 radical (unpaired) electrons. The highest BCUT2D eigenvalue weighted by molar-refractivity contribution is 7.16. The van der Waals surface area contributed by atoms with Gasteiger partial charge in [-0.15, -0.1) is 11.3 Å². The largest absolute Gasteiger partial charge is 0.350 e. The van der Waals surface area contributed by atoms with Crippen molar-refractivity contribution in [2.75, 3.05) is 4.90 Å². The Balaban J connectivity index is 1.57. The summed E-state index contributed by atoms with van der Waals surface area (Å²) in [5, 5.41) is 5.97. The number of aryl methyl sites for hydroxylation is 2. The van der Waals surface area contributed by atoms with Crippen LogP contribution in [0.4, 0.5) is 10.1 Å². The zero-order valence-electron chi connectivity index (χ0n) is 18.7. The summed E-state index contributed by atoms with van der Waals surface area (Å²) >= 11 is 1.56. The van der Waals surface area contributed by atoms with E-state index in [9.17, 15) is 14.0 Å². The maximum absolute atomic E-state index is 13.8. The quantitative estimate of drug-likeness (QED) is 0.455. The van der Waals surface area contributed by atoms with Crippen LogP contribution in [0.3, 0.4) is 0 Å². The molecule has 1 atom stereocenters. The van der Waals surface area contributed by atoms with Gasteiger partial charge in [-0.1, -0.05) is 18.2 Å². The molecule has 0 fully saturated rings. The van der Waals surface area contributed by atoms with Crippen molar-refractivity contribution >= 4 is 39.1 Å². The van der Waals surface area contributed by atoms with Crippen molar-refractivity contribution in [2.24, 2.45) is 0 Å². The molecule has 0 saturated heterocycles. The second-order valence-electron chi connectivity index (χ2n) is 8.87. The first-order valence-electron chi connectivity index (χ1n) is 10.8. The van der Waals surface area contributed by atoms with Crippen molar-refractivity contribution in [3.63, 3.8) is 0 Å². The Morgan fingerprint density at radius 1 is 1.09 bits per heavy atom. The molecule has 0 unspecified atom stereocenters. The lowest BCUT2D eigenvalue weighted by Gasteiger charge is -2.44. The van der Waals surface area contributed by atoms with E-state index in [2.05, 4.69) is 5.32 Å². The van der Waals surface area contributed by atoms with E-state index in [1.165, 1.54) is 12.1 Å². The van der Waals surface area contributed by atoms with Gasteiger partial charge >= 0.3 is 0 Å². The first-order chi connectivity index (χ1) is 15.8. The molecule has 0 spiro atoms. The predicted molar refractivity (Wildman–Crippen MR) is 129 cm³/mol. The van der Waals surface area contributed by atoms with E-state index in [0.717, 1.165) is 26.9 Å². The van der Waals surface area contributed by atoms with Gasteiger partial charge in [0, 0.05) is 17.6 Å². The molecule has 2 amide bonds. The maximum atomic E-state index is 13.8. The topological polar surface area (TPSA) is 54.3 Å². The van der Waals surface area contributed by atoms with Crippen LogP contribution < -0.4 is 10.2 Å². The molecule has 0 saturated carbocycles. The minimum atomic E-state index is -1.15. The van der Waals surface area contributed by atoms with Gasteiger partial charge in [-0.2, -0.15) is 0 Å². The van der Waals surface area contributed by atoms with Gasteiger partial charge in [-0.05, 0) is 79.2 Å². The molecular weight excluding hydrogens is 437 g/mol. The highest BCUT2D eigenvalue weighted by Gasteiger charge is 2.48. The maximum Gasteiger partial charge on any atom is 0.275 e. The van der Waals surface area contributed by atoms with Crippen LogP contribution in [-0.4, -0.2) is 21.9 Å². The molecule has 1 aliphatic heterocycles. The van der Waals surface area contributed by atoms with Crippen molar-refractivity contribution in [1.82, 2.24) is 9.88 Å². The van der Waals surface area contributed by atoms with Crippen molar-refractivity contribution in [3.05, 3.63) is 88.2 Å². The lowest BCUT2D eigenvalue weighted by molar-refractivity contribution is -0.126. The van der Waals surface area contributed by atoms with Crippen LogP contribution in [0.1, 0.15) is 34.1 Å². The molecule has 1 N–H and O–H groups in total. The van der Waals surface area contributed by atoms with E-state index in [0.29, 0.717) is 17.9 Å². The average Bonchev–Trinajstić information content (AvgIpc) is 3.35. The zero-order valence-corrected chi connectivity index (χ0v) is 19.5. The standard InChI is InChI=1S/C26H24FN3O2S/c1-16-10-17(2)12-21(11-16)30-23(31)22-13-19-8-9-33-24(19)29(22)15-26(30,3)25(32)28-14-18-4-6-20(27)7-5-18/h4-13H,14-15H2,1-3H3,(H,28,32)/t26-/m1/s1. The van der Waals surface area contributed by atoms with Crippen LogP contribution in [0.15, 0.2) is 60.0 Å². The highest BCUT2D eigenvalue weighted by atomic mass is 32.1. The fourth-order valence-corrected chi connectivity index (χ4v) is 5.55. The Labute approximate surface area is 195 Å². The van der Waals surface area contributed by atoms with Gasteiger partial charge in [0.25, 0.3) is 5.91 Å². The molecule has 5 rings (SSSR count). The minimum absolute atomic E-state index is 0.200. The summed E-state index contributed by atoms with van der Waals surface area (Å²) in [5.41, 5.74) is 2.96. The van der Waals surface area contributed by atoms with Crippen LogP contribution in [0.5, 0.6) is 0 Å². The summed E-state index contributed by atoms with van der Waals surface area (Å²) in [4.78, 5) is 30.1. The summed E-state index contributed by atoms with van der Waals surface area (Å²) in [6.07, 6.45) is 0. The monoisotopic (exact) mass is 461 g/mol. The highest BCUT2D eigenvalue weighted by Crippen LogP contribution is 2.38. The van der Waals surface area contributed by atoms with Gasteiger partial charge in [0.1, 0.15) is 21.9 Å². The van der Waals surface area contributed by atoms with E-state index < -0.39 is 5.54 Å². The van der Waals surface area contributed by atoms with Crippen molar-refractivity contribution in [1.29, 1.82) is 0 Å². The summed E-state index contributed by atoms with van der Waals surface area (Å²) in [6, 6.07) is 15.8. The van der Waals surface area contributed by atoms with Crippen molar-refractivity contribution in [3.8, 4) is 0 Å². The number of aromatic nitrogens is 1. The third-order valence-corrected chi connectivity index (χ3v) is 7.16. The molecule has 0 aliphatic carbocycles. The molecule has 33 heavy (non-hydrogen) atoms. The summed E-state index contributed by atoms with van der Waals surface area (Å²) < 4.78 is 15.2. The minimum Gasteiger partial charge on any atom is -0.350 e. The number of anilines is 1. The van der Waals surface area contributed by atoms with Crippen LogP contribution in [0, 0.1) is 19.7 Å².